The Kier molecular flexibility index (Phi) is 5.86. The highest BCUT2D eigenvalue weighted by Gasteiger charge is 2.29. The molecule has 1 fully saturated rings. The van der Waals surface area contributed by atoms with Crippen molar-refractivity contribution in [2.24, 2.45) is 5.73 Å². The van der Waals surface area contributed by atoms with Gasteiger partial charge in [0.05, 0.1) is 17.8 Å². The summed E-state index contributed by atoms with van der Waals surface area (Å²) in [5.74, 6) is 0.681. The number of hydrogen-bond donors (Lipinski definition) is 3. The van der Waals surface area contributed by atoms with Crippen LogP contribution in [0.25, 0.3) is 10.2 Å². The highest BCUT2D eigenvalue weighted by molar-refractivity contribution is 7.21. The molecule has 2 aromatic heterocycles. The van der Waals surface area contributed by atoms with Crippen molar-refractivity contribution in [3.05, 3.63) is 46.5 Å². The fraction of sp³-hybridized carbons (Fsp3) is 0.417. The number of carbonyl (C=O) groups is 1. The summed E-state index contributed by atoms with van der Waals surface area (Å²) >= 11 is 1.33. The van der Waals surface area contributed by atoms with Crippen molar-refractivity contribution in [1.29, 1.82) is 0 Å². The minimum Gasteiger partial charge on any atom is -0.491 e. The quantitative estimate of drug-likeness (QED) is 0.540. The number of nitrogens with two attached hydrogens (primary N) is 2. The number of fused-ring (bicyclic) bond motifs is 2. The molecule has 3 atom stereocenters. The Morgan fingerprint density at radius 2 is 2.18 bits per heavy atom. The monoisotopic (exact) mass is 467 g/mol. The van der Waals surface area contributed by atoms with Crippen LogP contribution in [0.2, 0.25) is 0 Å². The molecule has 0 aliphatic carbocycles. The van der Waals surface area contributed by atoms with E-state index in [9.17, 15) is 4.79 Å². The molecule has 8 nitrogen and oxygen atoms in total. The number of hydrogen-bond acceptors (Lipinski definition) is 8. The Morgan fingerprint density at radius 1 is 1.33 bits per heavy atom. The summed E-state index contributed by atoms with van der Waals surface area (Å²) < 4.78 is 11.6. The molecule has 174 valence electrons. The van der Waals surface area contributed by atoms with E-state index in [1.54, 1.807) is 7.11 Å². The first-order valence-corrected chi connectivity index (χ1v) is 12.0. The van der Waals surface area contributed by atoms with E-state index < -0.39 is 0 Å². The van der Waals surface area contributed by atoms with Crippen molar-refractivity contribution >= 4 is 38.8 Å². The highest BCUT2D eigenvalue weighted by Crippen LogP contribution is 2.34. The Balaban J connectivity index is 1.27. The topological polar surface area (TPSA) is 116 Å². The molecule has 2 aliphatic heterocycles. The van der Waals surface area contributed by atoms with Crippen LogP contribution in [0.5, 0.6) is 5.75 Å². The van der Waals surface area contributed by atoms with Gasteiger partial charge in [-0.2, -0.15) is 0 Å². The maximum absolute atomic E-state index is 13.0. The van der Waals surface area contributed by atoms with Gasteiger partial charge in [0.15, 0.2) is 0 Å². The van der Waals surface area contributed by atoms with E-state index in [1.165, 1.54) is 11.3 Å². The lowest BCUT2D eigenvalue weighted by atomic mass is 9.99. The van der Waals surface area contributed by atoms with Crippen molar-refractivity contribution in [3.63, 3.8) is 0 Å². The number of amides is 1. The molecule has 0 bridgehead atoms. The summed E-state index contributed by atoms with van der Waals surface area (Å²) in [5.41, 5.74) is 16.0. The molecule has 33 heavy (non-hydrogen) atoms. The zero-order valence-corrected chi connectivity index (χ0v) is 19.7. The Hall–Kier alpha value is -2.88. The van der Waals surface area contributed by atoms with E-state index >= 15 is 0 Å². The molecule has 0 radical (unpaired) electrons. The van der Waals surface area contributed by atoms with Crippen LogP contribution in [-0.4, -0.2) is 55.9 Å². The lowest BCUT2D eigenvalue weighted by molar-refractivity contribution is 0.0730. The number of methoxy groups -OCH3 is 1. The number of nitrogens with zero attached hydrogens (tertiary/aromatic N) is 2. The second kappa shape index (κ2) is 8.81. The van der Waals surface area contributed by atoms with Gasteiger partial charge in [-0.05, 0) is 43.5 Å². The predicted molar refractivity (Wildman–Crippen MR) is 131 cm³/mol. The molecule has 2 aliphatic rings. The molecule has 3 aromatic rings. The van der Waals surface area contributed by atoms with E-state index in [1.807, 2.05) is 19.1 Å². The fourth-order valence-electron chi connectivity index (χ4n) is 4.58. The van der Waals surface area contributed by atoms with Crippen molar-refractivity contribution in [2.45, 2.75) is 38.0 Å². The molecular weight excluding hydrogens is 438 g/mol. The second-order valence-corrected chi connectivity index (χ2v) is 9.80. The number of benzene rings is 1. The molecular formula is C24H29N5O3S. The molecule has 4 heterocycles. The van der Waals surface area contributed by atoms with Crippen molar-refractivity contribution in [2.75, 3.05) is 37.4 Å². The highest BCUT2D eigenvalue weighted by atomic mass is 32.1. The van der Waals surface area contributed by atoms with Gasteiger partial charge in [-0.1, -0.05) is 6.07 Å². The number of nitrogens with one attached hydrogen (secondary N) is 1. The smallest absolute Gasteiger partial charge is 0.263 e. The average molecular weight is 468 g/mol. The van der Waals surface area contributed by atoms with Gasteiger partial charge in [0.2, 0.25) is 0 Å². The maximum atomic E-state index is 13.0. The molecule has 1 aromatic carbocycles. The normalized spacial score (nSPS) is 22.6. The Bertz CT molecular complexity index is 1200. The van der Waals surface area contributed by atoms with Crippen molar-refractivity contribution in [1.82, 2.24) is 10.3 Å². The number of aromatic nitrogens is 1. The van der Waals surface area contributed by atoms with Crippen LogP contribution in [0.4, 0.5) is 11.4 Å². The molecule has 1 saturated heterocycles. The van der Waals surface area contributed by atoms with Gasteiger partial charge >= 0.3 is 0 Å². The zero-order chi connectivity index (χ0) is 23.1. The van der Waals surface area contributed by atoms with Crippen molar-refractivity contribution in [3.8, 4) is 5.75 Å². The number of aryl methyl sites for hydroxylation is 1. The van der Waals surface area contributed by atoms with E-state index in [-0.39, 0.29) is 24.1 Å². The van der Waals surface area contributed by atoms with Crippen LogP contribution in [0.15, 0.2) is 30.3 Å². The summed E-state index contributed by atoms with van der Waals surface area (Å²) in [6, 6.07) is 10.0. The number of piperidine rings is 1. The number of rotatable bonds is 4. The first-order valence-electron chi connectivity index (χ1n) is 11.2. The van der Waals surface area contributed by atoms with Gasteiger partial charge in [-0.25, -0.2) is 4.98 Å². The first kappa shape index (κ1) is 21.9. The number of pyridine rings is 1. The zero-order valence-electron chi connectivity index (χ0n) is 18.8. The Labute approximate surface area is 196 Å². The number of thiophene rings is 1. The first-order chi connectivity index (χ1) is 15.9. The second-order valence-electron chi connectivity index (χ2n) is 8.80. The molecule has 9 heteroatoms. The van der Waals surface area contributed by atoms with Crippen LogP contribution in [-0.2, 0) is 11.2 Å². The van der Waals surface area contributed by atoms with Gasteiger partial charge in [-0.15, -0.1) is 11.3 Å². The van der Waals surface area contributed by atoms with Crippen molar-refractivity contribution < 1.29 is 14.3 Å². The lowest BCUT2D eigenvalue weighted by Crippen LogP contribution is -2.51. The van der Waals surface area contributed by atoms with E-state index in [2.05, 4.69) is 33.4 Å². The summed E-state index contributed by atoms with van der Waals surface area (Å²) in [5, 5.41) is 3.91. The number of ether oxygens (including phenoxy) is 2. The van der Waals surface area contributed by atoms with Gasteiger partial charge < -0.3 is 31.2 Å². The van der Waals surface area contributed by atoms with E-state index in [0.717, 1.165) is 52.4 Å². The third-order valence-electron chi connectivity index (χ3n) is 6.51. The lowest BCUT2D eigenvalue weighted by Gasteiger charge is -2.38. The van der Waals surface area contributed by atoms with Gasteiger partial charge in [0, 0.05) is 49.1 Å². The molecule has 0 unspecified atom stereocenters. The largest absolute Gasteiger partial charge is 0.491 e. The maximum Gasteiger partial charge on any atom is 0.263 e. The summed E-state index contributed by atoms with van der Waals surface area (Å²) in [4.78, 5) is 21.0. The van der Waals surface area contributed by atoms with Gasteiger partial charge in [0.25, 0.3) is 5.91 Å². The van der Waals surface area contributed by atoms with Gasteiger partial charge in [0.1, 0.15) is 22.1 Å². The standard InChI is InChI=1S/C24H29N5O3S/c1-13-3-6-17-21(26)22(33-24(17)27-13)23(30)28-15-9-14-4-5-16(10-19(14)32-12-15)29-8-7-18(25)20(11-29)31-2/h3-6,10,15,18,20H,7-9,11-12,25-26H2,1-2H3,(H,28,30)/t15-,18-,20-/m1/s1. The summed E-state index contributed by atoms with van der Waals surface area (Å²) in [7, 11) is 1.71. The minimum absolute atomic E-state index is 0.0238. The van der Waals surface area contributed by atoms with Gasteiger partial charge in [-0.3, -0.25) is 4.79 Å². The number of anilines is 2. The number of nitrogen functional groups attached to an aromatic ring is 1. The fourth-order valence-corrected chi connectivity index (χ4v) is 5.62. The van der Waals surface area contributed by atoms with Crippen LogP contribution in [0, 0.1) is 6.92 Å². The predicted octanol–water partition coefficient (Wildman–Crippen LogP) is 2.47. The van der Waals surface area contributed by atoms with Crippen LogP contribution >= 0.6 is 11.3 Å². The molecule has 1 amide bonds. The van der Waals surface area contributed by atoms with Crippen LogP contribution in [0.3, 0.4) is 0 Å². The van der Waals surface area contributed by atoms with E-state index in [4.69, 9.17) is 20.9 Å². The van der Waals surface area contributed by atoms with E-state index in [0.29, 0.717) is 23.6 Å². The minimum atomic E-state index is -0.183. The molecule has 0 spiro atoms. The molecule has 0 saturated carbocycles. The third kappa shape index (κ3) is 4.23. The molecule has 5 N–H and O–H groups in total. The van der Waals surface area contributed by atoms with Crippen LogP contribution < -0.4 is 26.4 Å². The SMILES string of the molecule is CO[C@@H]1CN(c2ccc3c(c2)OC[C@H](NC(=O)c2sc4nc(C)ccc4c2N)C3)CC[C@H]1N. The third-order valence-corrected chi connectivity index (χ3v) is 7.62. The number of carbonyl (C=O) groups excluding carboxylic acids is 1. The Morgan fingerprint density at radius 3 is 3.00 bits per heavy atom. The van der Waals surface area contributed by atoms with Crippen LogP contribution in [0.1, 0.15) is 27.3 Å². The average Bonchev–Trinajstić information content (AvgIpc) is 3.14. The summed E-state index contributed by atoms with van der Waals surface area (Å²) in [6.07, 6.45) is 1.62. The molecule has 5 rings (SSSR count). The summed E-state index contributed by atoms with van der Waals surface area (Å²) in [6.45, 7) is 3.99.